The van der Waals surface area contributed by atoms with Crippen molar-refractivity contribution < 1.29 is 19.1 Å². The molecule has 0 aromatic heterocycles. The first-order valence-corrected chi connectivity index (χ1v) is 9.44. The molecule has 2 aromatic rings. The summed E-state index contributed by atoms with van der Waals surface area (Å²) in [4.78, 5) is 24.7. The fourth-order valence-corrected chi connectivity index (χ4v) is 3.70. The van der Waals surface area contributed by atoms with E-state index < -0.39 is 0 Å². The molecule has 5 heteroatoms. The summed E-state index contributed by atoms with van der Waals surface area (Å²) in [6, 6.07) is 11.4. The van der Waals surface area contributed by atoms with Crippen LogP contribution in [0.25, 0.3) is 0 Å². The van der Waals surface area contributed by atoms with Crippen LogP contribution in [-0.4, -0.2) is 18.5 Å². The third-order valence-corrected chi connectivity index (χ3v) is 5.27. The number of nitrogens with one attached hydrogen (secondary N) is 1. The molecular weight excluding hydrogens is 342 g/mol. The largest absolute Gasteiger partial charge is 0.454 e. The van der Waals surface area contributed by atoms with Crippen LogP contribution in [0.5, 0.6) is 11.5 Å². The maximum atomic E-state index is 12.4. The van der Waals surface area contributed by atoms with Crippen LogP contribution in [0.15, 0.2) is 36.4 Å². The topological polar surface area (TPSA) is 64.6 Å². The van der Waals surface area contributed by atoms with E-state index in [0.717, 1.165) is 30.6 Å². The van der Waals surface area contributed by atoms with E-state index in [1.54, 1.807) is 0 Å². The Kier molecular flexibility index (Phi) is 4.84. The van der Waals surface area contributed by atoms with Crippen molar-refractivity contribution in [1.29, 1.82) is 0 Å². The summed E-state index contributed by atoms with van der Waals surface area (Å²) >= 11 is 0. The summed E-state index contributed by atoms with van der Waals surface area (Å²) < 4.78 is 10.7. The zero-order valence-electron chi connectivity index (χ0n) is 15.4. The first kappa shape index (κ1) is 17.6. The second-order valence-electron chi connectivity index (χ2n) is 7.16. The molecule has 2 aromatic carbocycles. The quantitative estimate of drug-likeness (QED) is 0.792. The lowest BCUT2D eigenvalue weighted by atomic mass is 10.0. The van der Waals surface area contributed by atoms with Gasteiger partial charge in [-0.2, -0.15) is 0 Å². The summed E-state index contributed by atoms with van der Waals surface area (Å²) in [5.74, 6) is 1.31. The lowest BCUT2D eigenvalue weighted by molar-refractivity contribution is -0.121. The van der Waals surface area contributed by atoms with Crippen molar-refractivity contribution in [2.45, 2.75) is 45.1 Å². The molecule has 1 amide bonds. The molecule has 0 bridgehead atoms. The minimum absolute atomic E-state index is 0.0237. The van der Waals surface area contributed by atoms with Crippen molar-refractivity contribution in [2.24, 2.45) is 0 Å². The van der Waals surface area contributed by atoms with Gasteiger partial charge < -0.3 is 14.8 Å². The third kappa shape index (κ3) is 3.82. The minimum Gasteiger partial charge on any atom is -0.454 e. The maximum Gasteiger partial charge on any atom is 0.231 e. The Morgan fingerprint density at radius 2 is 1.81 bits per heavy atom. The van der Waals surface area contributed by atoms with E-state index in [1.165, 1.54) is 11.1 Å². The molecule has 1 unspecified atom stereocenters. The summed E-state index contributed by atoms with van der Waals surface area (Å²) in [6.07, 6.45) is 3.71. The lowest BCUT2D eigenvalue weighted by Crippen LogP contribution is -2.27. The number of aryl methyl sites for hydroxylation is 2. The van der Waals surface area contributed by atoms with Crippen molar-refractivity contribution >= 4 is 11.7 Å². The van der Waals surface area contributed by atoms with Crippen LogP contribution >= 0.6 is 0 Å². The Morgan fingerprint density at radius 1 is 1.00 bits per heavy atom. The van der Waals surface area contributed by atoms with Gasteiger partial charge in [0.05, 0.1) is 6.04 Å². The molecule has 1 heterocycles. The van der Waals surface area contributed by atoms with Crippen LogP contribution in [-0.2, 0) is 17.6 Å². The highest BCUT2D eigenvalue weighted by Crippen LogP contribution is 2.34. The minimum atomic E-state index is -0.165. The predicted molar refractivity (Wildman–Crippen MR) is 101 cm³/mol. The highest BCUT2D eigenvalue weighted by atomic mass is 16.7. The Bertz CT molecular complexity index is 890. The predicted octanol–water partition coefficient (Wildman–Crippen LogP) is 3.74. The monoisotopic (exact) mass is 365 g/mol. The van der Waals surface area contributed by atoms with E-state index in [2.05, 4.69) is 11.4 Å². The van der Waals surface area contributed by atoms with Gasteiger partial charge in [-0.15, -0.1) is 0 Å². The van der Waals surface area contributed by atoms with Gasteiger partial charge in [-0.1, -0.05) is 18.2 Å². The number of fused-ring (bicyclic) bond motifs is 2. The number of ether oxygens (including phenoxy) is 2. The number of amides is 1. The first-order valence-electron chi connectivity index (χ1n) is 9.44. The molecule has 5 nitrogen and oxygen atoms in total. The Hall–Kier alpha value is -2.82. The number of ketones is 1. The van der Waals surface area contributed by atoms with E-state index >= 15 is 0 Å². The van der Waals surface area contributed by atoms with Crippen molar-refractivity contribution in [3.8, 4) is 11.5 Å². The molecule has 0 saturated heterocycles. The lowest BCUT2D eigenvalue weighted by Gasteiger charge is -2.15. The van der Waals surface area contributed by atoms with Crippen LogP contribution in [0, 0.1) is 0 Å². The molecule has 0 fully saturated rings. The number of Topliss-reactive ketones (excluding diaryl/α,β-unsaturated/α-hetero) is 1. The van der Waals surface area contributed by atoms with Gasteiger partial charge in [0.15, 0.2) is 17.3 Å². The fraction of sp³-hybridized carbons (Fsp3) is 0.364. The van der Waals surface area contributed by atoms with E-state index in [0.29, 0.717) is 11.3 Å². The maximum absolute atomic E-state index is 12.4. The molecule has 1 atom stereocenters. The third-order valence-electron chi connectivity index (χ3n) is 5.27. The summed E-state index contributed by atoms with van der Waals surface area (Å²) in [5, 5.41) is 2.95. The molecule has 1 aliphatic carbocycles. The Morgan fingerprint density at radius 3 is 2.70 bits per heavy atom. The molecule has 2 aliphatic rings. The van der Waals surface area contributed by atoms with E-state index in [1.807, 2.05) is 37.3 Å². The summed E-state index contributed by atoms with van der Waals surface area (Å²) in [5.41, 5.74) is 4.29. The standard InChI is InChI=1S/C22H23NO4/c1-14(16-7-9-20-21(12-16)27-13-26-20)23-22(25)10-8-19(24)18-6-5-15-3-2-4-17(15)11-18/h5-7,9,11-12,14H,2-4,8,10,13H2,1H3,(H,23,25). The number of benzene rings is 2. The van der Waals surface area contributed by atoms with Crippen LogP contribution in [0.1, 0.15) is 59.3 Å². The molecule has 0 saturated carbocycles. The van der Waals surface area contributed by atoms with E-state index in [4.69, 9.17) is 9.47 Å². The van der Waals surface area contributed by atoms with Crippen LogP contribution < -0.4 is 14.8 Å². The van der Waals surface area contributed by atoms with Gasteiger partial charge in [-0.3, -0.25) is 9.59 Å². The van der Waals surface area contributed by atoms with Crippen molar-refractivity contribution in [3.05, 3.63) is 58.7 Å². The van der Waals surface area contributed by atoms with E-state index in [9.17, 15) is 9.59 Å². The molecular formula is C22H23NO4. The molecule has 140 valence electrons. The zero-order valence-corrected chi connectivity index (χ0v) is 15.4. The SMILES string of the molecule is CC(NC(=O)CCC(=O)c1ccc2c(c1)CCC2)c1ccc2c(c1)OCO2. The van der Waals surface area contributed by atoms with Gasteiger partial charge in [0.1, 0.15) is 0 Å². The smallest absolute Gasteiger partial charge is 0.231 e. The normalized spacial score (nSPS) is 15.3. The highest BCUT2D eigenvalue weighted by molar-refractivity contribution is 5.98. The second kappa shape index (κ2) is 7.43. The van der Waals surface area contributed by atoms with Crippen molar-refractivity contribution in [2.75, 3.05) is 6.79 Å². The van der Waals surface area contributed by atoms with Gasteiger partial charge in [-0.05, 0) is 61.1 Å². The van der Waals surface area contributed by atoms with Gasteiger partial charge in [0.2, 0.25) is 12.7 Å². The Labute approximate surface area is 158 Å². The average Bonchev–Trinajstić information content (AvgIpc) is 3.33. The van der Waals surface area contributed by atoms with Gasteiger partial charge in [-0.25, -0.2) is 0 Å². The molecule has 4 rings (SSSR count). The second-order valence-corrected chi connectivity index (χ2v) is 7.16. The number of hydrogen-bond acceptors (Lipinski definition) is 4. The zero-order chi connectivity index (χ0) is 18.8. The van der Waals surface area contributed by atoms with Gasteiger partial charge in [0, 0.05) is 18.4 Å². The molecule has 1 N–H and O–H groups in total. The van der Waals surface area contributed by atoms with Gasteiger partial charge >= 0.3 is 0 Å². The molecule has 27 heavy (non-hydrogen) atoms. The molecule has 0 radical (unpaired) electrons. The number of carbonyl (C=O) groups is 2. The number of hydrogen-bond donors (Lipinski definition) is 1. The first-order chi connectivity index (χ1) is 13.1. The number of rotatable bonds is 6. The van der Waals surface area contributed by atoms with Crippen LogP contribution in [0.2, 0.25) is 0 Å². The van der Waals surface area contributed by atoms with Gasteiger partial charge in [0.25, 0.3) is 0 Å². The number of carbonyl (C=O) groups excluding carboxylic acids is 2. The summed E-state index contributed by atoms with van der Waals surface area (Å²) in [6.45, 7) is 2.14. The van der Waals surface area contributed by atoms with Crippen LogP contribution in [0.4, 0.5) is 0 Å². The Balaban J connectivity index is 1.31. The summed E-state index contributed by atoms with van der Waals surface area (Å²) in [7, 11) is 0. The average molecular weight is 365 g/mol. The molecule has 0 spiro atoms. The van der Waals surface area contributed by atoms with Crippen LogP contribution in [0.3, 0.4) is 0 Å². The van der Waals surface area contributed by atoms with Crippen molar-refractivity contribution in [3.63, 3.8) is 0 Å². The van der Waals surface area contributed by atoms with Crippen molar-refractivity contribution in [1.82, 2.24) is 5.32 Å². The molecule has 1 aliphatic heterocycles. The van der Waals surface area contributed by atoms with E-state index in [-0.39, 0.29) is 37.4 Å². The highest BCUT2D eigenvalue weighted by Gasteiger charge is 2.18. The fourth-order valence-electron chi connectivity index (χ4n) is 3.70.